The van der Waals surface area contributed by atoms with Gasteiger partial charge >= 0.3 is 0 Å². The first kappa shape index (κ1) is 19.1. The van der Waals surface area contributed by atoms with E-state index < -0.39 is 0 Å². The topological polar surface area (TPSA) is 59.9 Å². The van der Waals surface area contributed by atoms with Crippen LogP contribution in [0.25, 0.3) is 11.3 Å². The molecule has 0 amide bonds. The summed E-state index contributed by atoms with van der Waals surface area (Å²) in [5.74, 6) is 1.08. The molecule has 5 nitrogen and oxygen atoms in total. The van der Waals surface area contributed by atoms with Gasteiger partial charge in [-0.1, -0.05) is 23.9 Å². The summed E-state index contributed by atoms with van der Waals surface area (Å²) in [5.41, 5.74) is 3.33. The van der Waals surface area contributed by atoms with Crippen molar-refractivity contribution >= 4 is 17.6 Å². The molecule has 3 rings (SSSR count). The minimum Gasteiger partial charge on any atom is -0.481 e. The number of nitrogens with zero attached hydrogens (tertiary/aromatic N) is 3. The molecule has 27 heavy (non-hydrogen) atoms. The quantitative estimate of drug-likeness (QED) is 0.482. The van der Waals surface area contributed by atoms with E-state index in [-0.39, 0.29) is 5.82 Å². The van der Waals surface area contributed by atoms with E-state index >= 15 is 0 Å². The Kier molecular flexibility index (Phi) is 6.24. The van der Waals surface area contributed by atoms with Crippen LogP contribution in [0.2, 0.25) is 0 Å². The molecule has 2 aromatic heterocycles. The fourth-order valence-electron chi connectivity index (χ4n) is 2.71. The Labute approximate surface area is 162 Å². The first-order valence-electron chi connectivity index (χ1n) is 8.52. The molecule has 140 valence electrons. The average Bonchev–Trinajstić information content (AvgIpc) is 2.70. The van der Waals surface area contributed by atoms with Crippen molar-refractivity contribution in [2.75, 3.05) is 25.2 Å². The van der Waals surface area contributed by atoms with Gasteiger partial charge in [0.2, 0.25) is 5.88 Å². The number of hydrogen-bond acceptors (Lipinski definition) is 6. The summed E-state index contributed by atoms with van der Waals surface area (Å²) in [6.07, 6.45) is 4.23. The van der Waals surface area contributed by atoms with Gasteiger partial charge in [-0.05, 0) is 42.9 Å². The Balaban J connectivity index is 1.77. The molecule has 0 saturated carbocycles. The van der Waals surface area contributed by atoms with Crippen molar-refractivity contribution in [3.8, 4) is 17.1 Å². The zero-order valence-corrected chi connectivity index (χ0v) is 16.3. The van der Waals surface area contributed by atoms with Crippen LogP contribution in [0.1, 0.15) is 11.1 Å². The van der Waals surface area contributed by atoms with Crippen LogP contribution in [0.5, 0.6) is 5.88 Å². The lowest BCUT2D eigenvalue weighted by molar-refractivity contribution is 0.398. The van der Waals surface area contributed by atoms with E-state index in [1.807, 2.05) is 31.4 Å². The van der Waals surface area contributed by atoms with Crippen LogP contribution in [-0.2, 0) is 6.42 Å². The SMILES string of the molecule is COc1ccc(-c2cc(NCCc3c(C)cccc3F)nc(SC)n2)cn1. The number of hydrogen-bond donors (Lipinski definition) is 1. The van der Waals surface area contributed by atoms with E-state index in [9.17, 15) is 4.39 Å². The lowest BCUT2D eigenvalue weighted by atomic mass is 10.1. The van der Waals surface area contributed by atoms with Crippen molar-refractivity contribution in [3.05, 3.63) is 59.5 Å². The standard InChI is InChI=1S/C20H21FN4OS/c1-13-5-4-6-16(21)15(13)9-10-22-18-11-17(24-20(25-18)27-3)14-7-8-19(26-2)23-12-14/h4-8,11-12H,9-10H2,1-3H3,(H,22,24,25). The molecule has 2 heterocycles. The highest BCUT2D eigenvalue weighted by atomic mass is 32.2. The molecule has 7 heteroatoms. The summed E-state index contributed by atoms with van der Waals surface area (Å²) in [6, 6.07) is 10.7. The van der Waals surface area contributed by atoms with E-state index in [2.05, 4.69) is 20.3 Å². The number of anilines is 1. The maximum Gasteiger partial charge on any atom is 0.212 e. The summed E-state index contributed by atoms with van der Waals surface area (Å²) < 4.78 is 19.1. The largest absolute Gasteiger partial charge is 0.481 e. The van der Waals surface area contributed by atoms with Gasteiger partial charge < -0.3 is 10.1 Å². The van der Waals surface area contributed by atoms with Gasteiger partial charge in [-0.3, -0.25) is 0 Å². The molecule has 0 radical (unpaired) electrons. The monoisotopic (exact) mass is 384 g/mol. The zero-order valence-electron chi connectivity index (χ0n) is 15.5. The van der Waals surface area contributed by atoms with Crippen LogP contribution >= 0.6 is 11.8 Å². The van der Waals surface area contributed by atoms with E-state index in [0.29, 0.717) is 29.8 Å². The number of rotatable bonds is 7. The molecule has 0 aliphatic heterocycles. The first-order chi connectivity index (χ1) is 13.1. The van der Waals surface area contributed by atoms with Gasteiger partial charge in [0.15, 0.2) is 5.16 Å². The summed E-state index contributed by atoms with van der Waals surface area (Å²) in [4.78, 5) is 13.3. The van der Waals surface area contributed by atoms with E-state index in [4.69, 9.17) is 4.74 Å². The molecule has 0 bridgehead atoms. The molecular formula is C20H21FN4OS. The van der Waals surface area contributed by atoms with Crippen LogP contribution in [-0.4, -0.2) is 34.9 Å². The third kappa shape index (κ3) is 4.74. The van der Waals surface area contributed by atoms with Gasteiger partial charge in [-0.15, -0.1) is 0 Å². The lowest BCUT2D eigenvalue weighted by Gasteiger charge is -2.11. The number of thioether (sulfide) groups is 1. The Morgan fingerprint density at radius 2 is 2.04 bits per heavy atom. The number of aryl methyl sites for hydroxylation is 1. The first-order valence-corrected chi connectivity index (χ1v) is 9.74. The van der Waals surface area contributed by atoms with Crippen LogP contribution in [0.4, 0.5) is 10.2 Å². The number of halogens is 1. The van der Waals surface area contributed by atoms with Crippen LogP contribution in [0.3, 0.4) is 0 Å². The predicted octanol–water partition coefficient (Wildman–Crippen LogP) is 4.37. The number of ether oxygens (including phenoxy) is 1. The second-order valence-electron chi connectivity index (χ2n) is 5.93. The Bertz CT molecular complexity index is 898. The van der Waals surface area contributed by atoms with E-state index in [1.54, 1.807) is 25.4 Å². The molecule has 1 N–H and O–H groups in total. The number of nitrogens with one attached hydrogen (secondary N) is 1. The molecule has 0 spiro atoms. The number of benzene rings is 1. The van der Waals surface area contributed by atoms with Crippen LogP contribution in [0, 0.1) is 12.7 Å². The van der Waals surface area contributed by atoms with Gasteiger partial charge in [-0.25, -0.2) is 19.3 Å². The third-order valence-corrected chi connectivity index (χ3v) is 4.71. The van der Waals surface area contributed by atoms with Gasteiger partial charge in [0.1, 0.15) is 11.6 Å². The molecule has 3 aromatic rings. The van der Waals surface area contributed by atoms with E-state index in [1.165, 1.54) is 17.8 Å². The summed E-state index contributed by atoms with van der Waals surface area (Å²) in [7, 11) is 1.58. The van der Waals surface area contributed by atoms with Crippen molar-refractivity contribution < 1.29 is 9.13 Å². The highest BCUT2D eigenvalue weighted by Crippen LogP contribution is 2.23. The maximum absolute atomic E-state index is 14.0. The van der Waals surface area contributed by atoms with Crippen molar-refractivity contribution in [1.29, 1.82) is 0 Å². The molecule has 0 saturated heterocycles. The minimum atomic E-state index is -0.172. The number of methoxy groups -OCH3 is 1. The Morgan fingerprint density at radius 1 is 1.19 bits per heavy atom. The molecule has 0 unspecified atom stereocenters. The summed E-state index contributed by atoms with van der Waals surface area (Å²) in [5, 5.41) is 3.94. The van der Waals surface area contributed by atoms with Gasteiger partial charge in [0.05, 0.1) is 12.8 Å². The van der Waals surface area contributed by atoms with Crippen molar-refractivity contribution in [2.45, 2.75) is 18.5 Å². The summed E-state index contributed by atoms with van der Waals surface area (Å²) >= 11 is 1.47. The van der Waals surface area contributed by atoms with Gasteiger partial charge in [-0.2, -0.15) is 0 Å². The lowest BCUT2D eigenvalue weighted by Crippen LogP contribution is -2.09. The maximum atomic E-state index is 14.0. The van der Waals surface area contributed by atoms with Crippen LogP contribution in [0.15, 0.2) is 47.8 Å². The Morgan fingerprint density at radius 3 is 2.70 bits per heavy atom. The minimum absolute atomic E-state index is 0.172. The number of aromatic nitrogens is 3. The average molecular weight is 384 g/mol. The second-order valence-corrected chi connectivity index (χ2v) is 6.70. The smallest absolute Gasteiger partial charge is 0.212 e. The molecule has 0 atom stereocenters. The van der Waals surface area contributed by atoms with Gasteiger partial charge in [0.25, 0.3) is 0 Å². The molecular weight excluding hydrogens is 363 g/mol. The van der Waals surface area contributed by atoms with E-state index in [0.717, 1.165) is 22.4 Å². The highest BCUT2D eigenvalue weighted by Gasteiger charge is 2.09. The fourth-order valence-corrected chi connectivity index (χ4v) is 3.09. The second kappa shape index (κ2) is 8.81. The molecule has 0 aliphatic rings. The number of pyridine rings is 1. The van der Waals surface area contributed by atoms with Crippen molar-refractivity contribution in [1.82, 2.24) is 15.0 Å². The predicted molar refractivity (Wildman–Crippen MR) is 107 cm³/mol. The van der Waals surface area contributed by atoms with Crippen molar-refractivity contribution in [2.24, 2.45) is 0 Å². The van der Waals surface area contributed by atoms with Gasteiger partial charge in [0, 0.05) is 30.4 Å². The summed E-state index contributed by atoms with van der Waals surface area (Å²) in [6.45, 7) is 2.50. The highest BCUT2D eigenvalue weighted by molar-refractivity contribution is 7.98. The molecule has 0 aliphatic carbocycles. The molecule has 1 aromatic carbocycles. The zero-order chi connectivity index (χ0) is 19.2. The Hall–Kier alpha value is -2.67. The van der Waals surface area contributed by atoms with Crippen molar-refractivity contribution in [3.63, 3.8) is 0 Å². The fraction of sp³-hybridized carbons (Fsp3) is 0.250. The molecule has 0 fully saturated rings. The third-order valence-electron chi connectivity index (χ3n) is 4.16. The van der Waals surface area contributed by atoms with Crippen LogP contribution < -0.4 is 10.1 Å². The normalized spacial score (nSPS) is 10.7.